The van der Waals surface area contributed by atoms with Crippen molar-refractivity contribution in [3.8, 4) is 11.1 Å². The first kappa shape index (κ1) is 13.1. The van der Waals surface area contributed by atoms with Crippen LogP contribution in [-0.2, 0) is 12.8 Å². The maximum absolute atomic E-state index is 9.18. The molecule has 0 aliphatic heterocycles. The van der Waals surface area contributed by atoms with E-state index < -0.39 is 0 Å². The Balaban J connectivity index is 2.55. The maximum atomic E-state index is 9.18. The van der Waals surface area contributed by atoms with E-state index in [1.807, 2.05) is 24.3 Å². The van der Waals surface area contributed by atoms with Gasteiger partial charge in [-0.05, 0) is 47.2 Å². The molecule has 0 atom stereocenters. The molecule has 0 amide bonds. The van der Waals surface area contributed by atoms with E-state index in [2.05, 4.69) is 25.1 Å². The molecule has 0 saturated carbocycles. The van der Waals surface area contributed by atoms with Crippen LogP contribution in [0.1, 0.15) is 18.1 Å². The Labute approximate surface area is 113 Å². The second-order valence-electron chi connectivity index (χ2n) is 4.29. The van der Waals surface area contributed by atoms with Crippen LogP contribution in [0.5, 0.6) is 0 Å². The van der Waals surface area contributed by atoms with Crippen LogP contribution in [0.4, 0.5) is 0 Å². The first-order valence-electron chi connectivity index (χ1n) is 6.23. The Morgan fingerprint density at radius 1 is 1.00 bits per heavy atom. The normalized spacial score (nSPS) is 10.6. The molecule has 2 heteroatoms. The van der Waals surface area contributed by atoms with Gasteiger partial charge in [-0.15, -0.1) is 0 Å². The van der Waals surface area contributed by atoms with Crippen LogP contribution in [0.3, 0.4) is 0 Å². The number of benzene rings is 2. The first-order chi connectivity index (χ1) is 8.76. The maximum Gasteiger partial charge on any atom is 0.0471 e. The second-order valence-corrected chi connectivity index (χ2v) is 4.72. The molecule has 0 fully saturated rings. The summed E-state index contributed by atoms with van der Waals surface area (Å²) in [4.78, 5) is 0. The molecule has 2 aromatic carbocycles. The zero-order chi connectivity index (χ0) is 13.0. The zero-order valence-corrected chi connectivity index (χ0v) is 11.2. The molecule has 0 aliphatic carbocycles. The predicted octanol–water partition coefficient (Wildman–Crippen LogP) is 4.10. The fourth-order valence-electron chi connectivity index (χ4n) is 2.26. The van der Waals surface area contributed by atoms with Gasteiger partial charge in [0.25, 0.3) is 0 Å². The third-order valence-corrected chi connectivity index (χ3v) is 3.38. The van der Waals surface area contributed by atoms with Gasteiger partial charge in [0.2, 0.25) is 0 Å². The number of aryl methyl sites for hydroxylation is 1. The van der Waals surface area contributed by atoms with Crippen LogP contribution in [0.2, 0.25) is 5.02 Å². The lowest BCUT2D eigenvalue weighted by Gasteiger charge is -2.14. The van der Waals surface area contributed by atoms with Crippen molar-refractivity contribution in [2.24, 2.45) is 0 Å². The number of hydrogen-bond acceptors (Lipinski definition) is 1. The summed E-state index contributed by atoms with van der Waals surface area (Å²) in [7, 11) is 0. The van der Waals surface area contributed by atoms with E-state index in [-0.39, 0.29) is 6.61 Å². The van der Waals surface area contributed by atoms with Crippen LogP contribution in [0, 0.1) is 0 Å². The second kappa shape index (κ2) is 6.03. The fraction of sp³-hybridized carbons (Fsp3) is 0.250. The van der Waals surface area contributed by atoms with Crippen LogP contribution in [0.15, 0.2) is 42.5 Å². The highest BCUT2D eigenvalue weighted by Crippen LogP contribution is 2.29. The Hall–Kier alpha value is -1.31. The highest BCUT2D eigenvalue weighted by atomic mass is 35.5. The van der Waals surface area contributed by atoms with Crippen LogP contribution in [0.25, 0.3) is 11.1 Å². The zero-order valence-electron chi connectivity index (χ0n) is 10.5. The third kappa shape index (κ3) is 2.74. The summed E-state index contributed by atoms with van der Waals surface area (Å²) >= 11 is 5.93. The lowest BCUT2D eigenvalue weighted by molar-refractivity contribution is 0.300. The molecule has 0 unspecified atom stereocenters. The molecule has 0 heterocycles. The number of aliphatic hydroxyl groups excluding tert-OH is 1. The summed E-state index contributed by atoms with van der Waals surface area (Å²) in [6, 6.07) is 14.2. The van der Waals surface area contributed by atoms with Crippen LogP contribution in [-0.4, -0.2) is 11.7 Å². The van der Waals surface area contributed by atoms with Gasteiger partial charge in [-0.1, -0.05) is 48.9 Å². The molecule has 0 aromatic heterocycles. The van der Waals surface area contributed by atoms with E-state index in [0.29, 0.717) is 6.42 Å². The average molecular weight is 261 g/mol. The molecule has 0 spiro atoms. The smallest absolute Gasteiger partial charge is 0.0471 e. The van der Waals surface area contributed by atoms with Crippen molar-refractivity contribution in [3.05, 3.63) is 58.6 Å². The van der Waals surface area contributed by atoms with Crippen molar-refractivity contribution >= 4 is 11.6 Å². The monoisotopic (exact) mass is 260 g/mol. The molecule has 1 N–H and O–H groups in total. The minimum atomic E-state index is 0.174. The quantitative estimate of drug-likeness (QED) is 0.877. The van der Waals surface area contributed by atoms with E-state index in [4.69, 9.17) is 11.6 Å². The summed E-state index contributed by atoms with van der Waals surface area (Å²) in [5.41, 5.74) is 4.91. The number of rotatable bonds is 4. The molecule has 1 nitrogen and oxygen atoms in total. The van der Waals surface area contributed by atoms with Crippen LogP contribution >= 0.6 is 11.6 Å². The van der Waals surface area contributed by atoms with E-state index in [9.17, 15) is 5.11 Å². The van der Waals surface area contributed by atoms with E-state index in [0.717, 1.165) is 11.4 Å². The predicted molar refractivity (Wildman–Crippen MR) is 77.1 cm³/mol. The van der Waals surface area contributed by atoms with Crippen molar-refractivity contribution in [3.63, 3.8) is 0 Å². The molecule has 18 heavy (non-hydrogen) atoms. The Bertz CT molecular complexity index is 517. The third-order valence-electron chi connectivity index (χ3n) is 3.13. The van der Waals surface area contributed by atoms with Gasteiger partial charge in [0.15, 0.2) is 0 Å². The summed E-state index contributed by atoms with van der Waals surface area (Å²) in [6.45, 7) is 2.32. The molecular formula is C16H17ClO. The molecular weight excluding hydrogens is 244 g/mol. The largest absolute Gasteiger partial charge is 0.396 e. The van der Waals surface area contributed by atoms with Crippen molar-refractivity contribution in [2.45, 2.75) is 19.8 Å². The van der Waals surface area contributed by atoms with Gasteiger partial charge in [0, 0.05) is 11.6 Å². The lowest BCUT2D eigenvalue weighted by Crippen LogP contribution is -1.98. The number of hydrogen-bond donors (Lipinski definition) is 1. The molecule has 0 saturated heterocycles. The van der Waals surface area contributed by atoms with Gasteiger partial charge in [-0.3, -0.25) is 0 Å². The molecule has 0 bridgehead atoms. The summed E-state index contributed by atoms with van der Waals surface area (Å²) < 4.78 is 0. The van der Waals surface area contributed by atoms with Gasteiger partial charge < -0.3 is 5.11 Å². The summed E-state index contributed by atoms with van der Waals surface area (Å²) in [6.07, 6.45) is 1.67. The standard InChI is InChI=1S/C16H17ClO/c1-2-12-4-3-5-13(10-11-18)16(12)14-6-8-15(17)9-7-14/h3-9,18H,2,10-11H2,1H3. The Kier molecular flexibility index (Phi) is 4.40. The van der Waals surface area contributed by atoms with Crippen LogP contribution < -0.4 is 0 Å². The number of halogens is 1. The van der Waals surface area contributed by atoms with Gasteiger partial charge in [-0.25, -0.2) is 0 Å². The topological polar surface area (TPSA) is 20.2 Å². The average Bonchev–Trinajstić information content (AvgIpc) is 2.40. The van der Waals surface area contributed by atoms with Gasteiger partial charge in [-0.2, -0.15) is 0 Å². The minimum Gasteiger partial charge on any atom is -0.396 e. The van der Waals surface area contributed by atoms with Crippen molar-refractivity contribution in [1.29, 1.82) is 0 Å². The highest BCUT2D eigenvalue weighted by molar-refractivity contribution is 6.30. The molecule has 2 rings (SSSR count). The molecule has 0 radical (unpaired) electrons. The lowest BCUT2D eigenvalue weighted by atomic mass is 9.92. The molecule has 94 valence electrons. The van der Waals surface area contributed by atoms with Gasteiger partial charge in [0.1, 0.15) is 0 Å². The highest BCUT2D eigenvalue weighted by Gasteiger charge is 2.09. The minimum absolute atomic E-state index is 0.174. The van der Waals surface area contributed by atoms with Crippen molar-refractivity contribution in [1.82, 2.24) is 0 Å². The Morgan fingerprint density at radius 2 is 1.67 bits per heavy atom. The number of aliphatic hydroxyl groups is 1. The van der Waals surface area contributed by atoms with Gasteiger partial charge in [0.05, 0.1) is 0 Å². The first-order valence-corrected chi connectivity index (χ1v) is 6.61. The Morgan fingerprint density at radius 3 is 2.28 bits per heavy atom. The van der Waals surface area contributed by atoms with Crippen molar-refractivity contribution in [2.75, 3.05) is 6.61 Å². The van der Waals surface area contributed by atoms with E-state index in [1.54, 1.807) is 0 Å². The van der Waals surface area contributed by atoms with E-state index in [1.165, 1.54) is 22.3 Å². The summed E-state index contributed by atoms with van der Waals surface area (Å²) in [5.74, 6) is 0. The SMILES string of the molecule is CCc1cccc(CCO)c1-c1ccc(Cl)cc1. The molecule has 0 aliphatic rings. The fourth-order valence-corrected chi connectivity index (χ4v) is 2.39. The van der Waals surface area contributed by atoms with Crippen molar-refractivity contribution < 1.29 is 5.11 Å². The summed E-state index contributed by atoms with van der Waals surface area (Å²) in [5, 5.41) is 9.92. The molecule has 2 aromatic rings. The van der Waals surface area contributed by atoms with Gasteiger partial charge >= 0.3 is 0 Å². The van der Waals surface area contributed by atoms with E-state index >= 15 is 0 Å².